The number of benzene rings is 1. The van der Waals surface area contributed by atoms with Crippen molar-refractivity contribution < 1.29 is 18.9 Å². The molecule has 0 bridgehead atoms. The third-order valence-corrected chi connectivity index (χ3v) is 3.64. The molecule has 0 aliphatic carbocycles. The first-order valence-corrected chi connectivity index (χ1v) is 7.45. The summed E-state index contributed by atoms with van der Waals surface area (Å²) in [6.45, 7) is 12.8. The highest BCUT2D eigenvalue weighted by molar-refractivity contribution is 5.70. The molecule has 4 nitrogen and oxygen atoms in total. The highest BCUT2D eigenvalue weighted by atomic mass is 16.5. The lowest BCUT2D eigenvalue weighted by atomic mass is 9.78. The summed E-state index contributed by atoms with van der Waals surface area (Å²) in [6, 6.07) is 0. The van der Waals surface area contributed by atoms with Crippen LogP contribution in [0.2, 0.25) is 0 Å². The largest absolute Gasteiger partial charge is 0.496 e. The van der Waals surface area contributed by atoms with Gasteiger partial charge >= 0.3 is 0 Å². The van der Waals surface area contributed by atoms with E-state index in [1.807, 2.05) is 0 Å². The molecule has 1 aromatic carbocycles. The first-order valence-electron chi connectivity index (χ1n) is 7.45. The van der Waals surface area contributed by atoms with Gasteiger partial charge in [-0.1, -0.05) is 41.5 Å². The summed E-state index contributed by atoms with van der Waals surface area (Å²) in [4.78, 5) is 0. The van der Waals surface area contributed by atoms with Crippen LogP contribution in [0.5, 0.6) is 23.0 Å². The molecule has 22 heavy (non-hydrogen) atoms. The van der Waals surface area contributed by atoms with Crippen molar-refractivity contribution in [3.05, 3.63) is 11.1 Å². The first-order chi connectivity index (χ1) is 10.0. The van der Waals surface area contributed by atoms with E-state index in [9.17, 15) is 0 Å². The molecule has 4 heteroatoms. The third-order valence-electron chi connectivity index (χ3n) is 3.64. The predicted octanol–water partition coefficient (Wildman–Crippen LogP) is 4.32. The van der Waals surface area contributed by atoms with E-state index in [0.29, 0.717) is 17.2 Å². The molecule has 0 aromatic heterocycles. The Kier molecular flexibility index (Phi) is 5.26. The Morgan fingerprint density at radius 3 is 0.909 bits per heavy atom. The number of hydrogen-bond acceptors (Lipinski definition) is 4. The van der Waals surface area contributed by atoms with E-state index in [2.05, 4.69) is 41.5 Å². The van der Waals surface area contributed by atoms with Crippen LogP contribution in [0.3, 0.4) is 0 Å². The van der Waals surface area contributed by atoms with E-state index in [1.165, 1.54) is 0 Å². The van der Waals surface area contributed by atoms with Gasteiger partial charge in [0, 0.05) is 11.1 Å². The lowest BCUT2D eigenvalue weighted by Gasteiger charge is -2.33. The Labute approximate surface area is 134 Å². The van der Waals surface area contributed by atoms with E-state index >= 15 is 0 Å². The van der Waals surface area contributed by atoms with E-state index in [4.69, 9.17) is 18.9 Å². The van der Waals surface area contributed by atoms with E-state index in [1.54, 1.807) is 28.4 Å². The van der Waals surface area contributed by atoms with Crippen LogP contribution in [0.1, 0.15) is 52.7 Å². The van der Waals surface area contributed by atoms with Crippen LogP contribution >= 0.6 is 0 Å². The summed E-state index contributed by atoms with van der Waals surface area (Å²) < 4.78 is 22.7. The predicted molar refractivity (Wildman–Crippen MR) is 90.1 cm³/mol. The molecule has 0 saturated carbocycles. The van der Waals surface area contributed by atoms with Gasteiger partial charge < -0.3 is 18.9 Å². The number of methoxy groups -OCH3 is 4. The van der Waals surface area contributed by atoms with Gasteiger partial charge in [-0.3, -0.25) is 0 Å². The standard InChI is InChI=1S/C18H30O4/c1-17(2,3)11-13(19-7)12(18(4,5)6)15(21-9)16(22-10)14(11)20-8/h1-10H3. The molecule has 0 amide bonds. The van der Waals surface area contributed by atoms with Crippen LogP contribution in [0.15, 0.2) is 0 Å². The second-order valence-corrected chi connectivity index (χ2v) is 7.38. The van der Waals surface area contributed by atoms with Crippen molar-refractivity contribution in [1.29, 1.82) is 0 Å². The van der Waals surface area contributed by atoms with Crippen molar-refractivity contribution >= 4 is 0 Å². The Morgan fingerprint density at radius 1 is 0.455 bits per heavy atom. The third kappa shape index (κ3) is 3.11. The Hall–Kier alpha value is -1.58. The van der Waals surface area contributed by atoms with E-state index in [0.717, 1.165) is 16.9 Å². The van der Waals surface area contributed by atoms with Crippen LogP contribution < -0.4 is 18.9 Å². The Morgan fingerprint density at radius 2 is 0.727 bits per heavy atom. The summed E-state index contributed by atoms with van der Waals surface area (Å²) in [6.07, 6.45) is 0. The van der Waals surface area contributed by atoms with Crippen molar-refractivity contribution in [2.24, 2.45) is 0 Å². The van der Waals surface area contributed by atoms with Crippen molar-refractivity contribution in [3.8, 4) is 23.0 Å². The molecule has 1 rings (SSSR count). The van der Waals surface area contributed by atoms with Gasteiger partial charge in [-0.15, -0.1) is 0 Å². The topological polar surface area (TPSA) is 36.9 Å². The fourth-order valence-corrected chi connectivity index (χ4v) is 2.80. The molecule has 1 aromatic rings. The van der Waals surface area contributed by atoms with Gasteiger partial charge in [0.15, 0.2) is 11.5 Å². The molecule has 0 N–H and O–H groups in total. The molecule has 0 spiro atoms. The molecule has 0 fully saturated rings. The summed E-state index contributed by atoms with van der Waals surface area (Å²) >= 11 is 0. The molecule has 0 aliphatic rings. The van der Waals surface area contributed by atoms with Gasteiger partial charge in [0.1, 0.15) is 5.75 Å². The minimum Gasteiger partial charge on any atom is -0.496 e. The highest BCUT2D eigenvalue weighted by Gasteiger charge is 2.37. The maximum Gasteiger partial charge on any atom is 0.204 e. The maximum absolute atomic E-state index is 5.80. The average Bonchev–Trinajstić information content (AvgIpc) is 2.41. The molecule has 0 unspecified atom stereocenters. The Balaban J connectivity index is 4.08. The van der Waals surface area contributed by atoms with Gasteiger partial charge in [-0.25, -0.2) is 0 Å². The van der Waals surface area contributed by atoms with Gasteiger partial charge in [0.25, 0.3) is 0 Å². The summed E-state index contributed by atoms with van der Waals surface area (Å²) in [5.74, 6) is 2.74. The smallest absolute Gasteiger partial charge is 0.204 e. The minimum atomic E-state index is -0.170. The van der Waals surface area contributed by atoms with Gasteiger partial charge in [0.2, 0.25) is 5.75 Å². The first kappa shape index (κ1) is 18.5. The van der Waals surface area contributed by atoms with Crippen molar-refractivity contribution in [2.75, 3.05) is 28.4 Å². The van der Waals surface area contributed by atoms with E-state index < -0.39 is 0 Å². The van der Waals surface area contributed by atoms with Crippen LogP contribution in [0.25, 0.3) is 0 Å². The van der Waals surface area contributed by atoms with E-state index in [-0.39, 0.29) is 10.8 Å². The average molecular weight is 310 g/mol. The van der Waals surface area contributed by atoms with Crippen LogP contribution in [0, 0.1) is 0 Å². The van der Waals surface area contributed by atoms with Crippen molar-refractivity contribution in [2.45, 2.75) is 52.4 Å². The second kappa shape index (κ2) is 6.27. The van der Waals surface area contributed by atoms with Gasteiger partial charge in [-0.05, 0) is 10.8 Å². The SMILES string of the molecule is COc1c(OC)c(C(C)(C)C)c(OC)c(C(C)(C)C)c1OC. The van der Waals surface area contributed by atoms with Crippen molar-refractivity contribution in [1.82, 2.24) is 0 Å². The number of ether oxygens (including phenoxy) is 4. The van der Waals surface area contributed by atoms with Gasteiger partial charge in [0.05, 0.1) is 28.4 Å². The zero-order valence-electron chi connectivity index (χ0n) is 15.6. The lowest BCUT2D eigenvalue weighted by Crippen LogP contribution is -2.21. The normalized spacial score (nSPS) is 12.1. The second-order valence-electron chi connectivity index (χ2n) is 7.38. The molecule has 0 radical (unpaired) electrons. The molecular formula is C18H30O4. The maximum atomic E-state index is 5.80. The fourth-order valence-electron chi connectivity index (χ4n) is 2.80. The minimum absolute atomic E-state index is 0.170. The summed E-state index contributed by atoms with van der Waals surface area (Å²) in [7, 11) is 6.60. The quantitative estimate of drug-likeness (QED) is 0.830. The van der Waals surface area contributed by atoms with Crippen LogP contribution in [-0.2, 0) is 10.8 Å². The molecule has 0 aliphatic heterocycles. The number of rotatable bonds is 4. The molecule has 0 heterocycles. The molecular weight excluding hydrogens is 280 g/mol. The van der Waals surface area contributed by atoms with Gasteiger partial charge in [-0.2, -0.15) is 0 Å². The molecule has 0 atom stereocenters. The molecule has 0 saturated heterocycles. The fraction of sp³-hybridized carbons (Fsp3) is 0.667. The molecule has 126 valence electrons. The lowest BCUT2D eigenvalue weighted by molar-refractivity contribution is 0.298. The summed E-state index contributed by atoms with van der Waals surface area (Å²) in [5.41, 5.74) is 1.63. The highest BCUT2D eigenvalue weighted by Crippen LogP contribution is 2.55. The van der Waals surface area contributed by atoms with Crippen LogP contribution in [-0.4, -0.2) is 28.4 Å². The summed E-state index contributed by atoms with van der Waals surface area (Å²) in [5, 5.41) is 0. The van der Waals surface area contributed by atoms with Crippen LogP contribution in [0.4, 0.5) is 0 Å². The zero-order chi connectivity index (χ0) is 17.3. The zero-order valence-corrected chi connectivity index (χ0v) is 15.6. The number of hydrogen-bond donors (Lipinski definition) is 0. The Bertz CT molecular complexity index is 490. The monoisotopic (exact) mass is 310 g/mol. The van der Waals surface area contributed by atoms with Crippen molar-refractivity contribution in [3.63, 3.8) is 0 Å².